The van der Waals surface area contributed by atoms with Crippen LogP contribution in [-0.2, 0) is 0 Å². The fourth-order valence-electron chi connectivity index (χ4n) is 2.92. The minimum Gasteiger partial charge on any atom is -0.493 e. The molecule has 1 aromatic heterocycles. The lowest BCUT2D eigenvalue weighted by Crippen LogP contribution is -2.32. The number of hydrogen-bond donors (Lipinski definition) is 1. The van der Waals surface area contributed by atoms with Crippen molar-refractivity contribution in [3.8, 4) is 11.4 Å². The van der Waals surface area contributed by atoms with Crippen LogP contribution in [0.15, 0.2) is 67.0 Å². The number of amides is 1. The molecule has 0 saturated carbocycles. The summed E-state index contributed by atoms with van der Waals surface area (Å²) in [5.74, 6) is 0.770. The van der Waals surface area contributed by atoms with E-state index in [9.17, 15) is 4.79 Å². The molecule has 1 aliphatic heterocycles. The van der Waals surface area contributed by atoms with E-state index in [1.807, 2.05) is 60.8 Å². The molecule has 2 aromatic carbocycles. The molecule has 0 aliphatic carbocycles. The molecule has 0 unspecified atom stereocenters. The van der Waals surface area contributed by atoms with E-state index in [4.69, 9.17) is 4.74 Å². The predicted octanol–water partition coefficient (Wildman–Crippen LogP) is 3.13. The lowest BCUT2D eigenvalue weighted by Gasteiger charge is -2.26. The van der Waals surface area contributed by atoms with E-state index in [-0.39, 0.29) is 11.9 Å². The van der Waals surface area contributed by atoms with Crippen LogP contribution in [0.2, 0.25) is 0 Å². The smallest absolute Gasteiger partial charge is 0.251 e. The molecule has 0 fully saturated rings. The number of carbonyl (C=O) groups excluding carboxylic acids is 1. The average Bonchev–Trinajstić information content (AvgIpc) is 3.17. The summed E-state index contributed by atoms with van der Waals surface area (Å²) in [5, 5.41) is 7.29. The van der Waals surface area contributed by atoms with E-state index < -0.39 is 0 Å². The second-order valence-electron chi connectivity index (χ2n) is 5.70. The van der Waals surface area contributed by atoms with Crippen LogP contribution in [0.5, 0.6) is 5.75 Å². The Balaban J connectivity index is 1.51. The Bertz CT molecular complexity index is 841. The minimum atomic E-state index is -0.0799. The molecular formula is C19H17N3O2. The number of hydrogen-bond acceptors (Lipinski definition) is 3. The lowest BCUT2D eigenvalue weighted by molar-refractivity contribution is 0.0925. The van der Waals surface area contributed by atoms with Crippen molar-refractivity contribution in [3.05, 3.63) is 78.1 Å². The van der Waals surface area contributed by atoms with Gasteiger partial charge in [0.25, 0.3) is 5.91 Å². The summed E-state index contributed by atoms with van der Waals surface area (Å²) in [7, 11) is 0. The Morgan fingerprint density at radius 1 is 1.12 bits per heavy atom. The molecular weight excluding hydrogens is 302 g/mol. The second kappa shape index (κ2) is 6.20. The monoisotopic (exact) mass is 319 g/mol. The van der Waals surface area contributed by atoms with E-state index in [2.05, 4.69) is 10.4 Å². The molecule has 1 atom stereocenters. The van der Waals surface area contributed by atoms with Crippen molar-refractivity contribution in [1.29, 1.82) is 0 Å². The third-order valence-electron chi connectivity index (χ3n) is 4.16. The van der Waals surface area contributed by atoms with Crippen molar-refractivity contribution >= 4 is 5.91 Å². The second-order valence-corrected chi connectivity index (χ2v) is 5.70. The number of nitrogens with one attached hydrogen (secondary N) is 1. The van der Waals surface area contributed by atoms with E-state index in [0.29, 0.717) is 12.2 Å². The molecule has 0 spiro atoms. The normalized spacial score (nSPS) is 16.1. The van der Waals surface area contributed by atoms with Crippen LogP contribution in [0, 0.1) is 0 Å². The topological polar surface area (TPSA) is 56.1 Å². The fraction of sp³-hybridized carbons (Fsp3) is 0.158. The maximum Gasteiger partial charge on any atom is 0.251 e. The van der Waals surface area contributed by atoms with E-state index in [1.165, 1.54) is 0 Å². The van der Waals surface area contributed by atoms with Crippen LogP contribution in [0.1, 0.15) is 28.4 Å². The zero-order chi connectivity index (χ0) is 16.4. The molecule has 3 aromatic rings. The van der Waals surface area contributed by atoms with Gasteiger partial charge < -0.3 is 10.1 Å². The molecule has 24 heavy (non-hydrogen) atoms. The summed E-state index contributed by atoms with van der Waals surface area (Å²) in [5.41, 5.74) is 2.59. The van der Waals surface area contributed by atoms with E-state index >= 15 is 0 Å². The van der Waals surface area contributed by atoms with Crippen molar-refractivity contribution in [2.75, 3.05) is 6.61 Å². The first kappa shape index (κ1) is 14.5. The van der Waals surface area contributed by atoms with Crippen LogP contribution in [0.4, 0.5) is 0 Å². The number of carbonyl (C=O) groups is 1. The molecule has 2 heterocycles. The SMILES string of the molecule is O=C(N[C@H]1CCOc2ccccc21)c1ccc(-n2cccn2)cc1. The summed E-state index contributed by atoms with van der Waals surface area (Å²) < 4.78 is 7.40. The van der Waals surface area contributed by atoms with Crippen molar-refractivity contribution in [3.63, 3.8) is 0 Å². The summed E-state index contributed by atoms with van der Waals surface area (Å²) in [6, 6.07) is 17.1. The maximum absolute atomic E-state index is 12.5. The maximum atomic E-state index is 12.5. The minimum absolute atomic E-state index is 0.0201. The number of rotatable bonds is 3. The Kier molecular flexibility index (Phi) is 3.75. The molecule has 5 nitrogen and oxygen atoms in total. The van der Waals surface area contributed by atoms with Gasteiger partial charge in [-0.25, -0.2) is 4.68 Å². The molecule has 1 aliphatic rings. The van der Waals surface area contributed by atoms with Crippen molar-refractivity contribution in [2.45, 2.75) is 12.5 Å². The summed E-state index contributed by atoms with van der Waals surface area (Å²) >= 11 is 0. The fourth-order valence-corrected chi connectivity index (χ4v) is 2.92. The van der Waals surface area contributed by atoms with Gasteiger partial charge in [-0.05, 0) is 36.4 Å². The summed E-state index contributed by atoms with van der Waals surface area (Å²) in [6.07, 6.45) is 4.37. The average molecular weight is 319 g/mol. The number of benzene rings is 2. The van der Waals surface area contributed by atoms with Crippen molar-refractivity contribution in [2.24, 2.45) is 0 Å². The third kappa shape index (κ3) is 2.76. The van der Waals surface area contributed by atoms with Gasteiger partial charge in [0, 0.05) is 29.9 Å². The van der Waals surface area contributed by atoms with E-state index in [0.717, 1.165) is 23.4 Å². The first-order chi connectivity index (χ1) is 11.8. The zero-order valence-electron chi connectivity index (χ0n) is 13.1. The molecule has 1 amide bonds. The Morgan fingerprint density at radius 3 is 2.75 bits per heavy atom. The van der Waals surface area contributed by atoms with Gasteiger partial charge in [0.2, 0.25) is 0 Å². The quantitative estimate of drug-likeness (QED) is 0.807. The lowest BCUT2D eigenvalue weighted by atomic mass is 10.00. The first-order valence-corrected chi connectivity index (χ1v) is 7.94. The van der Waals surface area contributed by atoms with Gasteiger partial charge in [-0.3, -0.25) is 4.79 Å². The molecule has 0 saturated heterocycles. The molecule has 1 N–H and O–H groups in total. The standard InChI is InChI=1S/C19H17N3O2/c23-19(14-6-8-15(9-7-14)22-12-3-11-20-22)21-17-10-13-24-18-5-2-1-4-16(17)18/h1-9,11-12,17H,10,13H2,(H,21,23)/t17-/m0/s1. The highest BCUT2D eigenvalue weighted by atomic mass is 16.5. The van der Waals surface area contributed by atoms with Crippen LogP contribution < -0.4 is 10.1 Å². The Labute approximate surface area is 139 Å². The first-order valence-electron chi connectivity index (χ1n) is 7.94. The van der Waals surface area contributed by atoms with Gasteiger partial charge in [-0.2, -0.15) is 5.10 Å². The van der Waals surface area contributed by atoms with Crippen molar-refractivity contribution < 1.29 is 9.53 Å². The largest absolute Gasteiger partial charge is 0.493 e. The highest BCUT2D eigenvalue weighted by Gasteiger charge is 2.22. The van der Waals surface area contributed by atoms with Gasteiger partial charge in [-0.15, -0.1) is 0 Å². The number of ether oxygens (including phenoxy) is 1. The van der Waals surface area contributed by atoms with Crippen LogP contribution in [0.3, 0.4) is 0 Å². The molecule has 0 bridgehead atoms. The van der Waals surface area contributed by atoms with Gasteiger partial charge >= 0.3 is 0 Å². The van der Waals surface area contributed by atoms with Crippen LogP contribution in [-0.4, -0.2) is 22.3 Å². The zero-order valence-corrected chi connectivity index (χ0v) is 13.1. The molecule has 5 heteroatoms. The van der Waals surface area contributed by atoms with Gasteiger partial charge in [-0.1, -0.05) is 18.2 Å². The Morgan fingerprint density at radius 2 is 1.96 bits per heavy atom. The molecule has 0 radical (unpaired) electrons. The van der Waals surface area contributed by atoms with Crippen LogP contribution in [0.25, 0.3) is 5.69 Å². The number of aromatic nitrogens is 2. The molecule has 120 valence electrons. The van der Waals surface area contributed by atoms with Gasteiger partial charge in [0.1, 0.15) is 5.75 Å². The highest BCUT2D eigenvalue weighted by molar-refractivity contribution is 5.94. The summed E-state index contributed by atoms with van der Waals surface area (Å²) in [4.78, 5) is 12.5. The number of nitrogens with zero attached hydrogens (tertiary/aromatic N) is 2. The van der Waals surface area contributed by atoms with Gasteiger partial charge in [0.05, 0.1) is 18.3 Å². The van der Waals surface area contributed by atoms with Crippen LogP contribution >= 0.6 is 0 Å². The number of para-hydroxylation sites is 1. The summed E-state index contributed by atoms with van der Waals surface area (Å²) in [6.45, 7) is 0.611. The van der Waals surface area contributed by atoms with Crippen molar-refractivity contribution in [1.82, 2.24) is 15.1 Å². The highest BCUT2D eigenvalue weighted by Crippen LogP contribution is 2.31. The Hall–Kier alpha value is -3.08. The van der Waals surface area contributed by atoms with Gasteiger partial charge in [0.15, 0.2) is 0 Å². The number of fused-ring (bicyclic) bond motifs is 1. The third-order valence-corrected chi connectivity index (χ3v) is 4.16. The molecule has 4 rings (SSSR count). The predicted molar refractivity (Wildman–Crippen MR) is 90.3 cm³/mol. The van der Waals surface area contributed by atoms with E-state index in [1.54, 1.807) is 10.9 Å².